The van der Waals surface area contributed by atoms with Crippen LogP contribution in [0.5, 0.6) is 0 Å². The quantitative estimate of drug-likeness (QED) is 0.467. The van der Waals surface area contributed by atoms with Crippen molar-refractivity contribution in [2.24, 2.45) is 29.5 Å². The fourth-order valence-electron chi connectivity index (χ4n) is 3.95. The Morgan fingerprint density at radius 2 is 1.65 bits per heavy atom. The van der Waals surface area contributed by atoms with E-state index in [-0.39, 0.29) is 0 Å². The van der Waals surface area contributed by atoms with Crippen LogP contribution in [0.4, 0.5) is 0 Å². The first-order valence-corrected chi connectivity index (χ1v) is 9.08. The van der Waals surface area contributed by atoms with Crippen LogP contribution >= 0.6 is 0 Å². The number of unbranched alkanes of at least 4 members (excludes halogenated alkanes) is 1. The molecule has 0 aliphatic heterocycles. The van der Waals surface area contributed by atoms with E-state index in [0.29, 0.717) is 6.04 Å². The minimum atomic E-state index is 0.546. The number of rotatable bonds is 9. The summed E-state index contributed by atoms with van der Waals surface area (Å²) in [6.45, 7) is 9.38. The maximum Gasteiger partial charge on any atom is 0.0241 e. The smallest absolute Gasteiger partial charge is 0.0241 e. The third-order valence-corrected chi connectivity index (χ3v) is 5.67. The van der Waals surface area contributed by atoms with Gasteiger partial charge in [0, 0.05) is 6.04 Å². The van der Waals surface area contributed by atoms with Gasteiger partial charge in [0.25, 0.3) is 0 Å². The number of nitrogens with two attached hydrogens (primary N) is 1. The molecule has 0 amide bonds. The normalized spacial score (nSPS) is 26.7. The fraction of sp³-hybridized carbons (Fsp3) is 1.00. The Kier molecular flexibility index (Phi) is 8.79. The fourth-order valence-corrected chi connectivity index (χ4v) is 3.95. The van der Waals surface area contributed by atoms with E-state index in [1.807, 2.05) is 0 Å². The van der Waals surface area contributed by atoms with E-state index < -0.39 is 0 Å². The van der Waals surface area contributed by atoms with Crippen LogP contribution in [0.25, 0.3) is 0 Å². The van der Waals surface area contributed by atoms with Crippen LogP contribution in [0.1, 0.15) is 85.5 Å². The molecule has 2 atom stereocenters. The molecular formula is C18H38N2. The molecule has 1 saturated carbocycles. The van der Waals surface area contributed by atoms with Crippen molar-refractivity contribution in [1.82, 2.24) is 5.43 Å². The van der Waals surface area contributed by atoms with Gasteiger partial charge in [0.2, 0.25) is 0 Å². The van der Waals surface area contributed by atoms with Gasteiger partial charge in [0.1, 0.15) is 0 Å². The van der Waals surface area contributed by atoms with Gasteiger partial charge in [-0.25, -0.2) is 0 Å². The maximum absolute atomic E-state index is 5.88. The molecule has 2 unspecified atom stereocenters. The van der Waals surface area contributed by atoms with Gasteiger partial charge < -0.3 is 0 Å². The molecule has 1 rings (SSSR count). The Morgan fingerprint density at radius 1 is 1.05 bits per heavy atom. The molecule has 0 aromatic rings. The standard InChI is InChI=1S/C18H38N2/c1-5-7-8-15(6-2)13-18(20-19)17-11-9-16(10-12-17)14(3)4/h14-18,20H,5-13,19H2,1-4H3. The van der Waals surface area contributed by atoms with Crippen LogP contribution in [0.2, 0.25) is 0 Å². The molecule has 0 bridgehead atoms. The molecule has 0 radical (unpaired) electrons. The number of hydrogen-bond acceptors (Lipinski definition) is 2. The average Bonchev–Trinajstić information content (AvgIpc) is 2.48. The summed E-state index contributed by atoms with van der Waals surface area (Å²) in [6, 6.07) is 0.546. The largest absolute Gasteiger partial charge is 0.271 e. The van der Waals surface area contributed by atoms with E-state index in [1.165, 1.54) is 57.8 Å². The predicted molar refractivity (Wildman–Crippen MR) is 89.3 cm³/mol. The topological polar surface area (TPSA) is 38.0 Å². The summed E-state index contributed by atoms with van der Waals surface area (Å²) in [6.07, 6.45) is 12.2. The summed E-state index contributed by atoms with van der Waals surface area (Å²) in [4.78, 5) is 0. The van der Waals surface area contributed by atoms with Crippen LogP contribution in [0.15, 0.2) is 0 Å². The Balaban J connectivity index is 2.42. The minimum Gasteiger partial charge on any atom is -0.271 e. The Labute approximate surface area is 127 Å². The van der Waals surface area contributed by atoms with Crippen molar-refractivity contribution in [3.63, 3.8) is 0 Å². The molecular weight excluding hydrogens is 244 g/mol. The van der Waals surface area contributed by atoms with Crippen molar-refractivity contribution in [1.29, 1.82) is 0 Å². The van der Waals surface area contributed by atoms with E-state index in [9.17, 15) is 0 Å². The predicted octanol–water partition coefficient (Wildman–Crippen LogP) is 4.89. The monoisotopic (exact) mass is 282 g/mol. The molecule has 3 N–H and O–H groups in total. The lowest BCUT2D eigenvalue weighted by Crippen LogP contribution is -2.43. The molecule has 1 aliphatic carbocycles. The summed E-state index contributed by atoms with van der Waals surface area (Å²) in [5.74, 6) is 9.36. The Morgan fingerprint density at radius 3 is 2.10 bits per heavy atom. The SMILES string of the molecule is CCCCC(CC)CC(NN)C1CCC(C(C)C)CC1. The Bertz CT molecular complexity index is 232. The van der Waals surface area contributed by atoms with Crippen molar-refractivity contribution in [2.45, 2.75) is 91.5 Å². The molecule has 1 fully saturated rings. The highest BCUT2D eigenvalue weighted by Gasteiger charge is 2.29. The van der Waals surface area contributed by atoms with Crippen molar-refractivity contribution >= 4 is 0 Å². The highest BCUT2D eigenvalue weighted by Crippen LogP contribution is 2.36. The van der Waals surface area contributed by atoms with Crippen LogP contribution in [0.3, 0.4) is 0 Å². The van der Waals surface area contributed by atoms with Crippen molar-refractivity contribution < 1.29 is 0 Å². The first-order valence-electron chi connectivity index (χ1n) is 9.08. The van der Waals surface area contributed by atoms with E-state index in [4.69, 9.17) is 5.84 Å². The van der Waals surface area contributed by atoms with Gasteiger partial charge in [-0.15, -0.1) is 0 Å². The lowest BCUT2D eigenvalue weighted by Gasteiger charge is -2.36. The first-order chi connectivity index (χ1) is 9.62. The summed E-state index contributed by atoms with van der Waals surface area (Å²) < 4.78 is 0. The highest BCUT2D eigenvalue weighted by atomic mass is 15.2. The Hall–Kier alpha value is -0.0800. The zero-order chi connectivity index (χ0) is 15.0. The molecule has 1 aliphatic rings. The second-order valence-electron chi connectivity index (χ2n) is 7.34. The zero-order valence-corrected chi connectivity index (χ0v) is 14.3. The second kappa shape index (κ2) is 9.78. The molecule has 120 valence electrons. The summed E-state index contributed by atoms with van der Waals surface area (Å²) >= 11 is 0. The van der Waals surface area contributed by atoms with Gasteiger partial charge in [-0.2, -0.15) is 0 Å². The third-order valence-electron chi connectivity index (χ3n) is 5.67. The molecule has 2 heteroatoms. The van der Waals surface area contributed by atoms with Crippen LogP contribution in [-0.2, 0) is 0 Å². The van der Waals surface area contributed by atoms with Gasteiger partial charge in [0.15, 0.2) is 0 Å². The summed E-state index contributed by atoms with van der Waals surface area (Å²) in [7, 11) is 0. The minimum absolute atomic E-state index is 0.546. The summed E-state index contributed by atoms with van der Waals surface area (Å²) in [5.41, 5.74) is 3.16. The average molecular weight is 283 g/mol. The van der Waals surface area contributed by atoms with Gasteiger partial charge in [-0.05, 0) is 55.8 Å². The molecule has 0 saturated heterocycles. The number of nitrogens with one attached hydrogen (secondary N) is 1. The molecule has 2 nitrogen and oxygen atoms in total. The molecule has 0 aromatic heterocycles. The van der Waals surface area contributed by atoms with Gasteiger partial charge in [-0.1, -0.05) is 53.4 Å². The van der Waals surface area contributed by atoms with Crippen LogP contribution < -0.4 is 11.3 Å². The second-order valence-corrected chi connectivity index (χ2v) is 7.34. The number of hydrogen-bond donors (Lipinski definition) is 2. The van der Waals surface area contributed by atoms with Crippen molar-refractivity contribution in [3.8, 4) is 0 Å². The number of hydrazine groups is 1. The lowest BCUT2D eigenvalue weighted by atomic mass is 9.73. The highest BCUT2D eigenvalue weighted by molar-refractivity contribution is 4.83. The van der Waals surface area contributed by atoms with Gasteiger partial charge in [-0.3, -0.25) is 11.3 Å². The third kappa shape index (κ3) is 5.73. The van der Waals surface area contributed by atoms with E-state index in [2.05, 4.69) is 33.1 Å². The van der Waals surface area contributed by atoms with Gasteiger partial charge in [0.05, 0.1) is 0 Å². The summed E-state index contributed by atoms with van der Waals surface area (Å²) in [5, 5.41) is 0. The van der Waals surface area contributed by atoms with E-state index in [0.717, 1.165) is 23.7 Å². The maximum atomic E-state index is 5.88. The van der Waals surface area contributed by atoms with Crippen molar-refractivity contribution in [2.75, 3.05) is 0 Å². The molecule has 0 heterocycles. The van der Waals surface area contributed by atoms with Gasteiger partial charge >= 0.3 is 0 Å². The van der Waals surface area contributed by atoms with E-state index in [1.54, 1.807) is 0 Å². The van der Waals surface area contributed by atoms with Crippen LogP contribution in [0, 0.1) is 23.7 Å². The lowest BCUT2D eigenvalue weighted by molar-refractivity contribution is 0.171. The van der Waals surface area contributed by atoms with Crippen LogP contribution in [-0.4, -0.2) is 6.04 Å². The van der Waals surface area contributed by atoms with Crippen molar-refractivity contribution in [3.05, 3.63) is 0 Å². The molecule has 0 spiro atoms. The van der Waals surface area contributed by atoms with E-state index >= 15 is 0 Å². The zero-order valence-electron chi connectivity index (χ0n) is 14.3. The molecule has 0 aromatic carbocycles. The molecule has 20 heavy (non-hydrogen) atoms. The first kappa shape index (κ1) is 18.0.